The summed E-state index contributed by atoms with van der Waals surface area (Å²) in [6.07, 6.45) is 0.777. The van der Waals surface area contributed by atoms with Gasteiger partial charge in [-0.2, -0.15) is 0 Å². The zero-order valence-corrected chi connectivity index (χ0v) is 11.9. The van der Waals surface area contributed by atoms with Crippen molar-refractivity contribution in [3.8, 4) is 5.69 Å². The largest absolute Gasteiger partial charge is 0.393 e. The fraction of sp³-hybridized carbons (Fsp3) is 0.400. The maximum absolute atomic E-state index is 12.2. The third kappa shape index (κ3) is 2.57. The van der Waals surface area contributed by atoms with Crippen molar-refractivity contribution in [2.75, 3.05) is 5.73 Å². The molecule has 1 heterocycles. The number of benzene rings is 1. The summed E-state index contributed by atoms with van der Waals surface area (Å²) >= 11 is 0. The van der Waals surface area contributed by atoms with Gasteiger partial charge in [-0.25, -0.2) is 4.68 Å². The van der Waals surface area contributed by atoms with Crippen LogP contribution in [-0.4, -0.2) is 9.78 Å². The van der Waals surface area contributed by atoms with Crippen LogP contribution in [0.5, 0.6) is 0 Å². The van der Waals surface area contributed by atoms with Crippen molar-refractivity contribution < 1.29 is 0 Å². The normalized spacial score (nSPS) is 11.2. The lowest BCUT2D eigenvalue weighted by Gasteiger charge is -2.07. The van der Waals surface area contributed by atoms with Crippen LogP contribution in [0.2, 0.25) is 0 Å². The number of H-pyrrole nitrogens is 1. The molecule has 0 fully saturated rings. The van der Waals surface area contributed by atoms with E-state index in [1.54, 1.807) is 4.68 Å². The first-order valence-electron chi connectivity index (χ1n) is 6.57. The molecular weight excluding hydrogens is 238 g/mol. The summed E-state index contributed by atoms with van der Waals surface area (Å²) in [5.41, 5.74) is 9.98. The van der Waals surface area contributed by atoms with Gasteiger partial charge in [0.25, 0.3) is 5.56 Å². The molecule has 0 aliphatic heterocycles. The van der Waals surface area contributed by atoms with Crippen LogP contribution in [0.15, 0.2) is 23.0 Å². The molecule has 0 aliphatic rings. The number of hydrogen-bond donors (Lipinski definition) is 2. The molecule has 0 saturated heterocycles. The van der Waals surface area contributed by atoms with Gasteiger partial charge in [0.1, 0.15) is 5.69 Å². The molecule has 0 radical (unpaired) electrons. The molecule has 3 N–H and O–H groups in total. The first kappa shape index (κ1) is 13.5. The van der Waals surface area contributed by atoms with Crippen molar-refractivity contribution in [1.82, 2.24) is 9.78 Å². The van der Waals surface area contributed by atoms with Gasteiger partial charge in [-0.1, -0.05) is 31.5 Å². The zero-order chi connectivity index (χ0) is 14.2. The van der Waals surface area contributed by atoms with Gasteiger partial charge in [0, 0.05) is 0 Å². The fourth-order valence-electron chi connectivity index (χ4n) is 2.29. The van der Waals surface area contributed by atoms with Crippen LogP contribution < -0.4 is 11.3 Å². The fourth-order valence-corrected chi connectivity index (χ4v) is 2.29. The number of nitrogen functional groups attached to an aromatic ring is 1. The number of nitrogens with one attached hydrogen (secondary N) is 1. The maximum Gasteiger partial charge on any atom is 0.294 e. The summed E-state index contributed by atoms with van der Waals surface area (Å²) in [5, 5.41) is 3.14. The van der Waals surface area contributed by atoms with E-state index in [1.165, 1.54) is 5.56 Å². The Morgan fingerprint density at radius 2 is 2.00 bits per heavy atom. The first-order chi connectivity index (χ1) is 8.90. The van der Waals surface area contributed by atoms with Crippen LogP contribution in [0.4, 0.5) is 5.69 Å². The Balaban J connectivity index is 2.54. The molecule has 2 aromatic rings. The molecule has 4 nitrogen and oxygen atoms in total. The summed E-state index contributed by atoms with van der Waals surface area (Å²) in [5.74, 6) is 0.452. The van der Waals surface area contributed by atoms with Crippen molar-refractivity contribution in [3.05, 3.63) is 45.4 Å². The minimum absolute atomic E-state index is 0.164. The highest BCUT2D eigenvalue weighted by Crippen LogP contribution is 2.16. The second kappa shape index (κ2) is 4.96. The van der Waals surface area contributed by atoms with Gasteiger partial charge in [-0.05, 0) is 37.8 Å². The van der Waals surface area contributed by atoms with Crippen molar-refractivity contribution in [1.29, 1.82) is 0 Å². The molecule has 2 rings (SSSR count). The molecule has 0 bridgehead atoms. The van der Waals surface area contributed by atoms with E-state index < -0.39 is 0 Å². The summed E-state index contributed by atoms with van der Waals surface area (Å²) in [7, 11) is 0. The molecule has 0 atom stereocenters. The van der Waals surface area contributed by atoms with Crippen LogP contribution >= 0.6 is 0 Å². The van der Waals surface area contributed by atoms with Gasteiger partial charge in [0.2, 0.25) is 0 Å². The second-order valence-corrected chi connectivity index (χ2v) is 5.53. The summed E-state index contributed by atoms with van der Waals surface area (Å²) < 4.78 is 1.54. The van der Waals surface area contributed by atoms with Gasteiger partial charge in [0.15, 0.2) is 0 Å². The Hall–Kier alpha value is -1.97. The average molecular weight is 259 g/mol. The smallest absolute Gasteiger partial charge is 0.294 e. The molecule has 0 unspecified atom stereocenters. The highest BCUT2D eigenvalue weighted by atomic mass is 16.1. The summed E-state index contributed by atoms with van der Waals surface area (Å²) in [6.45, 7) is 8.24. The highest BCUT2D eigenvalue weighted by Gasteiger charge is 2.14. The molecule has 1 aromatic carbocycles. The van der Waals surface area contributed by atoms with Crippen molar-refractivity contribution in [3.63, 3.8) is 0 Å². The van der Waals surface area contributed by atoms with Crippen LogP contribution in [0, 0.1) is 19.8 Å². The minimum atomic E-state index is -0.164. The van der Waals surface area contributed by atoms with Gasteiger partial charge < -0.3 is 5.73 Å². The second-order valence-electron chi connectivity index (χ2n) is 5.53. The zero-order valence-electron chi connectivity index (χ0n) is 11.9. The van der Waals surface area contributed by atoms with E-state index in [1.807, 2.05) is 26.0 Å². The lowest BCUT2D eigenvalue weighted by atomic mass is 10.1. The lowest BCUT2D eigenvalue weighted by molar-refractivity contribution is 0.628. The van der Waals surface area contributed by atoms with Crippen LogP contribution in [0.3, 0.4) is 0 Å². The number of nitrogens with zero attached hydrogens (tertiary/aromatic N) is 1. The van der Waals surface area contributed by atoms with Crippen LogP contribution in [0.1, 0.15) is 30.7 Å². The molecule has 19 heavy (non-hydrogen) atoms. The molecule has 0 aliphatic carbocycles. The highest BCUT2D eigenvalue weighted by molar-refractivity contribution is 5.48. The predicted molar refractivity (Wildman–Crippen MR) is 78.8 cm³/mol. The number of anilines is 1. The van der Waals surface area contributed by atoms with E-state index in [2.05, 4.69) is 25.0 Å². The Bertz CT molecular complexity index is 650. The molecule has 4 heteroatoms. The Labute approximate surface area is 113 Å². The third-order valence-corrected chi connectivity index (χ3v) is 3.21. The monoisotopic (exact) mass is 259 g/mol. The topological polar surface area (TPSA) is 63.8 Å². The van der Waals surface area contributed by atoms with E-state index in [0.717, 1.165) is 23.4 Å². The Kier molecular flexibility index (Phi) is 3.51. The molecular formula is C15H21N3O. The lowest BCUT2D eigenvalue weighted by Crippen LogP contribution is -2.17. The van der Waals surface area contributed by atoms with Crippen molar-refractivity contribution in [2.45, 2.75) is 34.1 Å². The number of aromatic nitrogens is 2. The van der Waals surface area contributed by atoms with E-state index in [4.69, 9.17) is 5.73 Å². The number of nitrogens with two attached hydrogens (primary N) is 1. The van der Waals surface area contributed by atoms with Crippen molar-refractivity contribution in [2.24, 2.45) is 5.92 Å². The van der Waals surface area contributed by atoms with Crippen LogP contribution in [0.25, 0.3) is 5.69 Å². The standard InChI is InChI=1S/C15H21N3O/c1-9(2)7-12-14(16)15(19)18(17-12)13-6-5-10(3)8-11(13)4/h5-6,8-9,17H,7,16H2,1-4H3. The predicted octanol–water partition coefficient (Wildman–Crippen LogP) is 2.56. The van der Waals surface area contributed by atoms with E-state index in [-0.39, 0.29) is 5.56 Å². The quantitative estimate of drug-likeness (QED) is 0.889. The SMILES string of the molecule is Cc1ccc(-n2[nH]c(CC(C)C)c(N)c2=O)c(C)c1. The van der Waals surface area contributed by atoms with Gasteiger partial charge in [-0.3, -0.25) is 9.89 Å². The van der Waals surface area contributed by atoms with Gasteiger partial charge in [0.05, 0.1) is 11.4 Å². The maximum atomic E-state index is 12.2. The van der Waals surface area contributed by atoms with Gasteiger partial charge >= 0.3 is 0 Å². The van der Waals surface area contributed by atoms with Crippen molar-refractivity contribution >= 4 is 5.69 Å². The third-order valence-electron chi connectivity index (χ3n) is 3.21. The van der Waals surface area contributed by atoms with E-state index in [0.29, 0.717) is 11.6 Å². The molecule has 0 amide bonds. The molecule has 1 aromatic heterocycles. The number of aryl methyl sites for hydroxylation is 2. The number of hydrogen-bond acceptors (Lipinski definition) is 2. The molecule has 0 spiro atoms. The Morgan fingerprint density at radius 1 is 1.32 bits per heavy atom. The van der Waals surface area contributed by atoms with E-state index >= 15 is 0 Å². The molecule has 102 valence electrons. The summed E-state index contributed by atoms with van der Waals surface area (Å²) in [6, 6.07) is 6.00. The average Bonchev–Trinajstić information content (AvgIpc) is 2.57. The molecule has 0 saturated carbocycles. The minimum Gasteiger partial charge on any atom is -0.393 e. The van der Waals surface area contributed by atoms with Gasteiger partial charge in [-0.15, -0.1) is 0 Å². The first-order valence-corrected chi connectivity index (χ1v) is 6.57. The number of rotatable bonds is 3. The number of aromatic amines is 1. The van der Waals surface area contributed by atoms with Crippen LogP contribution in [-0.2, 0) is 6.42 Å². The summed E-state index contributed by atoms with van der Waals surface area (Å²) in [4.78, 5) is 12.2. The van der Waals surface area contributed by atoms with E-state index in [9.17, 15) is 4.79 Å². The Morgan fingerprint density at radius 3 is 2.58 bits per heavy atom.